The molecule has 1 aliphatic rings. The highest BCUT2D eigenvalue weighted by molar-refractivity contribution is 7.91. The second-order valence-electron chi connectivity index (χ2n) is 5.42. The minimum absolute atomic E-state index is 0.0318. The second kappa shape index (κ2) is 5.31. The van der Waals surface area contributed by atoms with Gasteiger partial charge in [0.15, 0.2) is 9.84 Å². The van der Waals surface area contributed by atoms with Crippen LogP contribution in [0.3, 0.4) is 0 Å². The Bertz CT molecular complexity index is 767. The van der Waals surface area contributed by atoms with Gasteiger partial charge in [0, 0.05) is 19.2 Å². The van der Waals surface area contributed by atoms with Crippen LogP contribution in [0.5, 0.6) is 5.75 Å². The quantitative estimate of drug-likeness (QED) is 0.907. The minimum atomic E-state index is -2.85. The van der Waals surface area contributed by atoms with Gasteiger partial charge in [0.1, 0.15) is 11.6 Å². The van der Waals surface area contributed by atoms with E-state index < -0.39 is 9.84 Å². The Morgan fingerprint density at radius 3 is 2.95 bits per heavy atom. The molecule has 0 amide bonds. The molecule has 0 spiro atoms. The van der Waals surface area contributed by atoms with Gasteiger partial charge in [-0.25, -0.2) is 13.4 Å². The first kappa shape index (κ1) is 14.3. The van der Waals surface area contributed by atoms with Crippen molar-refractivity contribution < 1.29 is 13.2 Å². The van der Waals surface area contributed by atoms with Gasteiger partial charge in [-0.3, -0.25) is 0 Å². The molecule has 2 aromatic rings. The molecular formula is C14H19N3O3S. The van der Waals surface area contributed by atoms with Crippen molar-refractivity contribution in [3.63, 3.8) is 0 Å². The zero-order valence-corrected chi connectivity index (χ0v) is 13.0. The number of fused-ring (bicyclic) bond motifs is 1. The first-order valence-corrected chi connectivity index (χ1v) is 8.74. The fourth-order valence-corrected chi connectivity index (χ4v) is 4.41. The smallest absolute Gasteiger partial charge is 0.151 e. The molecule has 6 nitrogen and oxygen atoms in total. The van der Waals surface area contributed by atoms with E-state index in [9.17, 15) is 8.42 Å². The molecule has 1 aromatic carbocycles. The molecule has 2 heterocycles. The highest BCUT2D eigenvalue weighted by Crippen LogP contribution is 2.21. The summed E-state index contributed by atoms with van der Waals surface area (Å²) in [5.74, 6) is 2.18. The van der Waals surface area contributed by atoms with Gasteiger partial charge in [-0.15, -0.1) is 0 Å². The third-order valence-corrected chi connectivity index (χ3v) is 5.73. The minimum Gasteiger partial charge on any atom is -0.497 e. The number of aryl methyl sites for hydroxylation is 1. The molecule has 1 fully saturated rings. The van der Waals surface area contributed by atoms with Crippen molar-refractivity contribution in [3.8, 4) is 5.75 Å². The molecular weight excluding hydrogens is 290 g/mol. The fraction of sp³-hybridized carbons (Fsp3) is 0.500. The van der Waals surface area contributed by atoms with Gasteiger partial charge in [0.05, 0.1) is 36.2 Å². The highest BCUT2D eigenvalue weighted by Gasteiger charge is 2.27. The van der Waals surface area contributed by atoms with Crippen LogP contribution in [0.4, 0.5) is 0 Å². The zero-order valence-electron chi connectivity index (χ0n) is 12.2. The fourth-order valence-electron chi connectivity index (χ4n) is 2.71. The van der Waals surface area contributed by atoms with Gasteiger partial charge >= 0.3 is 0 Å². The van der Waals surface area contributed by atoms with Gasteiger partial charge in [-0.2, -0.15) is 0 Å². The number of sulfone groups is 1. The van der Waals surface area contributed by atoms with E-state index in [1.54, 1.807) is 7.11 Å². The largest absolute Gasteiger partial charge is 0.497 e. The number of hydrogen-bond acceptors (Lipinski definition) is 5. The topological polar surface area (TPSA) is 73.2 Å². The summed E-state index contributed by atoms with van der Waals surface area (Å²) in [6.07, 6.45) is 0.681. The van der Waals surface area contributed by atoms with Crippen LogP contribution in [-0.2, 0) is 23.4 Å². The van der Waals surface area contributed by atoms with Gasteiger partial charge in [-0.1, -0.05) is 0 Å². The maximum atomic E-state index is 11.5. The molecule has 0 radical (unpaired) electrons. The highest BCUT2D eigenvalue weighted by atomic mass is 32.2. The Kier molecular flexibility index (Phi) is 3.62. The Morgan fingerprint density at radius 2 is 2.29 bits per heavy atom. The number of nitrogens with zero attached hydrogens (tertiary/aromatic N) is 2. The molecule has 0 bridgehead atoms. The van der Waals surface area contributed by atoms with Crippen molar-refractivity contribution in [1.82, 2.24) is 14.9 Å². The van der Waals surface area contributed by atoms with Crippen LogP contribution >= 0.6 is 0 Å². The molecule has 1 unspecified atom stereocenters. The number of hydrogen-bond donors (Lipinski definition) is 1. The first-order chi connectivity index (χ1) is 9.98. The molecule has 1 aromatic heterocycles. The van der Waals surface area contributed by atoms with E-state index in [-0.39, 0.29) is 17.5 Å². The van der Waals surface area contributed by atoms with E-state index in [2.05, 4.69) is 10.3 Å². The van der Waals surface area contributed by atoms with Crippen molar-refractivity contribution in [3.05, 3.63) is 24.0 Å². The summed E-state index contributed by atoms with van der Waals surface area (Å²) in [6.45, 7) is 0.563. The van der Waals surface area contributed by atoms with E-state index >= 15 is 0 Å². The molecule has 1 N–H and O–H groups in total. The van der Waals surface area contributed by atoms with Gasteiger partial charge in [0.25, 0.3) is 0 Å². The summed E-state index contributed by atoms with van der Waals surface area (Å²) in [7, 11) is 0.745. The lowest BCUT2D eigenvalue weighted by atomic mass is 10.2. The van der Waals surface area contributed by atoms with Crippen LogP contribution in [0.2, 0.25) is 0 Å². The number of imidazole rings is 1. The van der Waals surface area contributed by atoms with Crippen molar-refractivity contribution in [2.24, 2.45) is 7.05 Å². The number of nitrogens with one attached hydrogen (secondary N) is 1. The van der Waals surface area contributed by atoms with Crippen LogP contribution in [0.15, 0.2) is 18.2 Å². The maximum Gasteiger partial charge on any atom is 0.151 e. The molecule has 114 valence electrons. The Morgan fingerprint density at radius 1 is 1.48 bits per heavy atom. The van der Waals surface area contributed by atoms with Crippen LogP contribution in [0, 0.1) is 0 Å². The van der Waals surface area contributed by atoms with Gasteiger partial charge in [-0.05, 0) is 18.6 Å². The number of aromatic nitrogens is 2. The van der Waals surface area contributed by atoms with E-state index in [0.717, 1.165) is 22.6 Å². The summed E-state index contributed by atoms with van der Waals surface area (Å²) in [6, 6.07) is 5.82. The lowest BCUT2D eigenvalue weighted by Crippen LogP contribution is -2.30. The van der Waals surface area contributed by atoms with Crippen molar-refractivity contribution in [2.45, 2.75) is 19.0 Å². The molecule has 3 rings (SSSR count). The number of methoxy groups -OCH3 is 1. The molecule has 1 saturated heterocycles. The normalized spacial score (nSPS) is 21.0. The molecule has 1 aliphatic heterocycles. The Balaban J connectivity index is 1.76. The second-order valence-corrected chi connectivity index (χ2v) is 7.65. The molecule has 21 heavy (non-hydrogen) atoms. The SMILES string of the molecule is COc1ccc2c(c1)nc(CNC1CCS(=O)(=O)C1)n2C. The summed E-state index contributed by atoms with van der Waals surface area (Å²) in [4.78, 5) is 4.59. The summed E-state index contributed by atoms with van der Waals surface area (Å²) < 4.78 is 30.1. The summed E-state index contributed by atoms with van der Waals surface area (Å²) >= 11 is 0. The third-order valence-electron chi connectivity index (χ3n) is 3.96. The van der Waals surface area contributed by atoms with Gasteiger partial charge in [0.2, 0.25) is 0 Å². The molecule has 1 atom stereocenters. The van der Waals surface area contributed by atoms with Crippen molar-refractivity contribution in [2.75, 3.05) is 18.6 Å². The first-order valence-electron chi connectivity index (χ1n) is 6.92. The van der Waals surface area contributed by atoms with Crippen LogP contribution in [0.1, 0.15) is 12.2 Å². The standard InChI is InChI=1S/C14H19N3O3S/c1-17-13-4-3-11(20-2)7-12(13)16-14(17)8-15-10-5-6-21(18,19)9-10/h3-4,7,10,15H,5-6,8-9H2,1-2H3. The lowest BCUT2D eigenvalue weighted by Gasteiger charge is -2.10. The maximum absolute atomic E-state index is 11.5. The van der Waals surface area contributed by atoms with E-state index in [4.69, 9.17) is 4.74 Å². The molecule has 7 heteroatoms. The van der Waals surface area contributed by atoms with E-state index in [0.29, 0.717) is 13.0 Å². The van der Waals surface area contributed by atoms with Crippen LogP contribution in [0.25, 0.3) is 11.0 Å². The van der Waals surface area contributed by atoms with Crippen LogP contribution in [-0.4, -0.2) is 42.6 Å². The predicted octanol–water partition coefficient (Wildman–Crippen LogP) is 0.859. The third kappa shape index (κ3) is 2.89. The summed E-state index contributed by atoms with van der Waals surface area (Å²) in [5, 5.41) is 3.29. The predicted molar refractivity (Wildman–Crippen MR) is 81.2 cm³/mol. The van der Waals surface area contributed by atoms with Crippen LogP contribution < -0.4 is 10.1 Å². The number of ether oxygens (including phenoxy) is 1. The zero-order chi connectivity index (χ0) is 15.0. The lowest BCUT2D eigenvalue weighted by molar-refractivity contribution is 0.415. The number of benzene rings is 1. The van der Waals surface area contributed by atoms with Crippen molar-refractivity contribution >= 4 is 20.9 Å². The molecule has 0 saturated carbocycles. The summed E-state index contributed by atoms with van der Waals surface area (Å²) in [5.41, 5.74) is 1.92. The average molecular weight is 309 g/mol. The number of rotatable bonds is 4. The Hall–Kier alpha value is -1.60. The van der Waals surface area contributed by atoms with Gasteiger partial charge < -0.3 is 14.6 Å². The van der Waals surface area contributed by atoms with E-state index in [1.807, 2.05) is 29.8 Å². The van der Waals surface area contributed by atoms with Crippen molar-refractivity contribution in [1.29, 1.82) is 0 Å². The van der Waals surface area contributed by atoms with E-state index in [1.165, 1.54) is 0 Å². The molecule has 0 aliphatic carbocycles. The average Bonchev–Trinajstić information content (AvgIpc) is 2.96. The Labute approximate surface area is 124 Å². The monoisotopic (exact) mass is 309 g/mol.